The molecule has 0 bridgehead atoms. The van der Waals surface area contributed by atoms with Gasteiger partial charge < -0.3 is 14.8 Å². The van der Waals surface area contributed by atoms with Crippen LogP contribution < -0.4 is 10.1 Å². The van der Waals surface area contributed by atoms with Crippen molar-refractivity contribution in [3.05, 3.63) is 59.4 Å². The Morgan fingerprint density at radius 3 is 2.89 bits per heavy atom. The smallest absolute Gasteiger partial charge is 0.358 e. The quantitative estimate of drug-likeness (QED) is 0.661. The maximum absolute atomic E-state index is 12.2. The summed E-state index contributed by atoms with van der Waals surface area (Å²) in [5.74, 6) is 0.148. The number of hydrogen-bond acceptors (Lipinski definition) is 8. The molecule has 0 unspecified atom stereocenters. The second-order valence-electron chi connectivity index (χ2n) is 5.98. The summed E-state index contributed by atoms with van der Waals surface area (Å²) in [4.78, 5) is 36.7. The Labute approximate surface area is 164 Å². The molecule has 142 valence electrons. The molecule has 2 aromatic heterocycles. The number of fused-ring (bicyclic) bond motifs is 1. The van der Waals surface area contributed by atoms with E-state index in [1.54, 1.807) is 23.8 Å². The van der Waals surface area contributed by atoms with E-state index in [0.29, 0.717) is 23.9 Å². The highest BCUT2D eigenvalue weighted by Crippen LogP contribution is 2.31. The second-order valence-corrected chi connectivity index (χ2v) is 6.84. The van der Waals surface area contributed by atoms with Crippen molar-refractivity contribution < 1.29 is 19.1 Å². The molecular weight excluding hydrogens is 380 g/mol. The molecule has 1 amide bonds. The summed E-state index contributed by atoms with van der Waals surface area (Å²) < 4.78 is 10.7. The molecule has 0 saturated heterocycles. The van der Waals surface area contributed by atoms with Crippen molar-refractivity contribution >= 4 is 23.2 Å². The van der Waals surface area contributed by atoms with Gasteiger partial charge in [0.25, 0.3) is 5.91 Å². The van der Waals surface area contributed by atoms with E-state index in [-0.39, 0.29) is 24.2 Å². The molecule has 1 aliphatic rings. The molecular formula is C19H16N4O4S. The van der Waals surface area contributed by atoms with E-state index < -0.39 is 5.97 Å². The molecule has 28 heavy (non-hydrogen) atoms. The zero-order chi connectivity index (χ0) is 19.3. The number of hydrogen-bond donors (Lipinski definition) is 1. The fraction of sp³-hybridized carbons (Fsp3) is 0.211. The van der Waals surface area contributed by atoms with Crippen LogP contribution in [0.15, 0.2) is 48.1 Å². The van der Waals surface area contributed by atoms with Gasteiger partial charge >= 0.3 is 5.97 Å². The Morgan fingerprint density at radius 1 is 1.21 bits per heavy atom. The molecule has 1 aromatic carbocycles. The molecule has 1 N–H and O–H groups in total. The molecule has 1 atom stereocenters. The number of amides is 1. The van der Waals surface area contributed by atoms with Crippen LogP contribution in [0.25, 0.3) is 10.8 Å². The average molecular weight is 396 g/mol. The number of ether oxygens (including phenoxy) is 2. The van der Waals surface area contributed by atoms with Crippen molar-refractivity contribution in [2.24, 2.45) is 0 Å². The topological polar surface area (TPSA) is 103 Å². The lowest BCUT2D eigenvalue weighted by Crippen LogP contribution is -2.35. The Hall–Kier alpha value is -3.33. The normalized spacial score (nSPS) is 15.2. The van der Waals surface area contributed by atoms with Gasteiger partial charge in [-0.2, -0.15) is 0 Å². The number of rotatable bonds is 5. The van der Waals surface area contributed by atoms with Gasteiger partial charge in [-0.15, -0.1) is 11.3 Å². The van der Waals surface area contributed by atoms with Crippen LogP contribution in [-0.4, -0.2) is 40.0 Å². The maximum Gasteiger partial charge on any atom is 0.358 e. The van der Waals surface area contributed by atoms with Gasteiger partial charge in [0.05, 0.1) is 12.6 Å². The Morgan fingerprint density at radius 2 is 2.04 bits per heavy atom. The van der Waals surface area contributed by atoms with Crippen molar-refractivity contribution in [1.29, 1.82) is 0 Å². The number of thiazole rings is 1. The lowest BCUT2D eigenvalue weighted by atomic mass is 10.0. The van der Waals surface area contributed by atoms with E-state index in [9.17, 15) is 9.59 Å². The van der Waals surface area contributed by atoms with Crippen LogP contribution in [0.1, 0.15) is 28.5 Å². The Kier molecular flexibility index (Phi) is 5.24. The first-order valence-electron chi connectivity index (χ1n) is 8.62. The first kappa shape index (κ1) is 18.1. The van der Waals surface area contributed by atoms with Crippen molar-refractivity contribution in [2.75, 3.05) is 13.2 Å². The number of carbonyl (C=O) groups excluding carboxylic acids is 2. The number of para-hydroxylation sites is 1. The van der Waals surface area contributed by atoms with Crippen LogP contribution in [0.3, 0.4) is 0 Å². The molecule has 0 aliphatic carbocycles. The fourth-order valence-electron chi connectivity index (χ4n) is 2.81. The van der Waals surface area contributed by atoms with Gasteiger partial charge in [-0.3, -0.25) is 4.79 Å². The van der Waals surface area contributed by atoms with Crippen LogP contribution in [0.5, 0.6) is 5.75 Å². The summed E-state index contributed by atoms with van der Waals surface area (Å²) in [5, 5.41) is 4.95. The lowest BCUT2D eigenvalue weighted by molar-refractivity contribution is -0.125. The van der Waals surface area contributed by atoms with E-state index in [2.05, 4.69) is 20.3 Å². The van der Waals surface area contributed by atoms with Gasteiger partial charge in [-0.1, -0.05) is 18.2 Å². The van der Waals surface area contributed by atoms with Gasteiger partial charge in [0.1, 0.15) is 5.75 Å². The van der Waals surface area contributed by atoms with E-state index in [4.69, 9.17) is 9.47 Å². The SMILES string of the molecule is O=C(COC(=O)c1csc(-c2ncccn2)n1)N[C@@H]1CCOc2ccccc21. The molecule has 4 rings (SSSR count). The first-order chi connectivity index (χ1) is 13.7. The minimum Gasteiger partial charge on any atom is -0.493 e. The molecule has 0 saturated carbocycles. The van der Waals surface area contributed by atoms with E-state index in [1.165, 1.54) is 11.3 Å². The summed E-state index contributed by atoms with van der Waals surface area (Å²) in [6.07, 6.45) is 3.85. The van der Waals surface area contributed by atoms with Crippen LogP contribution >= 0.6 is 11.3 Å². The number of carbonyl (C=O) groups is 2. The summed E-state index contributed by atoms with van der Waals surface area (Å²) in [5.41, 5.74) is 1.04. The number of nitrogens with one attached hydrogen (secondary N) is 1. The molecule has 3 aromatic rings. The predicted octanol–water partition coefficient (Wildman–Crippen LogP) is 2.40. The van der Waals surface area contributed by atoms with Gasteiger partial charge in [0, 0.05) is 29.8 Å². The minimum atomic E-state index is -0.666. The van der Waals surface area contributed by atoms with Crippen molar-refractivity contribution in [3.63, 3.8) is 0 Å². The molecule has 3 heterocycles. The number of esters is 1. The van der Waals surface area contributed by atoms with Gasteiger partial charge in [0.2, 0.25) is 0 Å². The third-order valence-corrected chi connectivity index (χ3v) is 4.94. The summed E-state index contributed by atoms with van der Waals surface area (Å²) in [6.45, 7) is 0.137. The Bertz CT molecular complexity index is 992. The van der Waals surface area contributed by atoms with Crippen LogP contribution in [0.2, 0.25) is 0 Å². The fourth-order valence-corrected chi connectivity index (χ4v) is 3.55. The Balaban J connectivity index is 1.33. The molecule has 0 spiro atoms. The highest BCUT2D eigenvalue weighted by Gasteiger charge is 2.23. The molecule has 0 radical (unpaired) electrons. The molecule has 0 fully saturated rings. The zero-order valence-corrected chi connectivity index (χ0v) is 15.5. The number of benzene rings is 1. The first-order valence-corrected chi connectivity index (χ1v) is 9.50. The standard InChI is InChI=1S/C19H16N4O4S/c24-16(22-13-6-9-26-15-5-2-1-4-12(13)15)10-27-19(25)14-11-28-18(23-14)17-20-7-3-8-21-17/h1-5,7-8,11,13H,6,9-10H2,(H,22,24)/t13-/m1/s1. The predicted molar refractivity (Wildman–Crippen MR) is 101 cm³/mol. The second kappa shape index (κ2) is 8.13. The van der Waals surface area contributed by atoms with E-state index >= 15 is 0 Å². The number of aromatic nitrogens is 3. The molecule has 8 nitrogen and oxygen atoms in total. The lowest BCUT2D eigenvalue weighted by Gasteiger charge is -2.26. The minimum absolute atomic E-state index is 0.122. The van der Waals surface area contributed by atoms with Gasteiger partial charge in [0.15, 0.2) is 23.1 Å². The van der Waals surface area contributed by atoms with Crippen molar-refractivity contribution in [1.82, 2.24) is 20.3 Å². The third kappa shape index (κ3) is 3.99. The van der Waals surface area contributed by atoms with Crippen LogP contribution in [-0.2, 0) is 9.53 Å². The zero-order valence-electron chi connectivity index (χ0n) is 14.7. The van der Waals surface area contributed by atoms with Crippen molar-refractivity contribution in [2.45, 2.75) is 12.5 Å². The summed E-state index contributed by atoms with van der Waals surface area (Å²) in [7, 11) is 0. The third-order valence-electron chi connectivity index (χ3n) is 4.10. The highest BCUT2D eigenvalue weighted by atomic mass is 32.1. The van der Waals surface area contributed by atoms with Gasteiger partial charge in [-0.25, -0.2) is 19.7 Å². The average Bonchev–Trinajstić information content (AvgIpc) is 3.23. The molecule has 9 heteroatoms. The largest absolute Gasteiger partial charge is 0.493 e. The van der Waals surface area contributed by atoms with Gasteiger partial charge in [-0.05, 0) is 12.1 Å². The summed E-state index contributed by atoms with van der Waals surface area (Å²) in [6, 6.07) is 9.08. The van der Waals surface area contributed by atoms with Crippen molar-refractivity contribution in [3.8, 4) is 16.6 Å². The molecule has 1 aliphatic heterocycles. The van der Waals surface area contributed by atoms with Crippen LogP contribution in [0.4, 0.5) is 0 Å². The maximum atomic E-state index is 12.2. The van der Waals surface area contributed by atoms with E-state index in [1.807, 2.05) is 24.3 Å². The summed E-state index contributed by atoms with van der Waals surface area (Å²) >= 11 is 1.23. The number of nitrogens with zero attached hydrogens (tertiary/aromatic N) is 3. The van der Waals surface area contributed by atoms with Crippen LogP contribution in [0, 0.1) is 0 Å². The van der Waals surface area contributed by atoms with E-state index in [0.717, 1.165) is 11.3 Å². The monoisotopic (exact) mass is 396 g/mol. The highest BCUT2D eigenvalue weighted by molar-refractivity contribution is 7.13.